The highest BCUT2D eigenvalue weighted by atomic mass is 16.4. The molecule has 82 valence electrons. The quantitative estimate of drug-likeness (QED) is 0.748. The molecule has 5 heteroatoms. The van der Waals surface area contributed by atoms with Crippen molar-refractivity contribution < 1.29 is 9.90 Å². The molecular weight excluding hydrogens is 194 g/mol. The molecule has 1 aromatic rings. The number of carboxylic acid groups (broad SMARTS) is 1. The first-order valence-electron chi connectivity index (χ1n) is 5.16. The van der Waals surface area contributed by atoms with Gasteiger partial charge in [-0.05, 0) is 25.5 Å². The zero-order chi connectivity index (χ0) is 10.8. The van der Waals surface area contributed by atoms with E-state index in [2.05, 4.69) is 10.4 Å². The van der Waals surface area contributed by atoms with Gasteiger partial charge in [0.05, 0.1) is 0 Å². The van der Waals surface area contributed by atoms with Gasteiger partial charge in [-0.25, -0.2) is 4.79 Å². The Hall–Kier alpha value is -1.36. The monoisotopic (exact) mass is 209 g/mol. The molecule has 15 heavy (non-hydrogen) atoms. The molecule has 0 radical (unpaired) electrons. The fourth-order valence-corrected chi connectivity index (χ4v) is 2.07. The molecule has 1 aromatic heterocycles. The standard InChI is InChI=1S/C10H15N3O2/c1-13-9(5-8(12-13)10(14)15)7-3-2-4-11-6-7/h5,7,11H,2-4,6H2,1H3,(H,14,15). The van der Waals surface area contributed by atoms with Gasteiger partial charge in [-0.15, -0.1) is 0 Å². The van der Waals surface area contributed by atoms with Gasteiger partial charge in [-0.3, -0.25) is 4.68 Å². The van der Waals surface area contributed by atoms with E-state index in [-0.39, 0.29) is 5.69 Å². The second kappa shape index (κ2) is 4.02. The van der Waals surface area contributed by atoms with Crippen molar-refractivity contribution in [3.05, 3.63) is 17.5 Å². The Morgan fingerprint density at radius 3 is 3.07 bits per heavy atom. The summed E-state index contributed by atoms with van der Waals surface area (Å²) in [5, 5.41) is 16.1. The highest BCUT2D eigenvalue weighted by Crippen LogP contribution is 2.23. The SMILES string of the molecule is Cn1nc(C(=O)O)cc1C1CCCNC1. The van der Waals surface area contributed by atoms with Crippen molar-refractivity contribution >= 4 is 5.97 Å². The lowest BCUT2D eigenvalue weighted by Gasteiger charge is -2.22. The molecule has 2 rings (SSSR count). The number of hydrogen-bond donors (Lipinski definition) is 2. The number of nitrogens with one attached hydrogen (secondary N) is 1. The maximum Gasteiger partial charge on any atom is 0.356 e. The van der Waals surface area contributed by atoms with Crippen LogP contribution in [0, 0.1) is 0 Å². The predicted octanol–water partition coefficient (Wildman–Crippen LogP) is 0.585. The fraction of sp³-hybridized carbons (Fsp3) is 0.600. The van der Waals surface area contributed by atoms with Crippen LogP contribution in [0.1, 0.15) is 34.9 Å². The first-order chi connectivity index (χ1) is 7.18. The molecule has 1 fully saturated rings. The van der Waals surface area contributed by atoms with E-state index < -0.39 is 5.97 Å². The van der Waals surface area contributed by atoms with Crippen molar-refractivity contribution in [2.75, 3.05) is 13.1 Å². The first-order valence-corrected chi connectivity index (χ1v) is 5.16. The molecule has 1 unspecified atom stereocenters. The van der Waals surface area contributed by atoms with Crippen LogP contribution in [0.25, 0.3) is 0 Å². The number of hydrogen-bond acceptors (Lipinski definition) is 3. The van der Waals surface area contributed by atoms with Crippen molar-refractivity contribution in [1.82, 2.24) is 15.1 Å². The zero-order valence-electron chi connectivity index (χ0n) is 8.73. The molecule has 1 atom stereocenters. The van der Waals surface area contributed by atoms with Crippen LogP contribution in [-0.4, -0.2) is 33.9 Å². The van der Waals surface area contributed by atoms with Crippen molar-refractivity contribution in [3.63, 3.8) is 0 Å². The van der Waals surface area contributed by atoms with Crippen LogP contribution in [0.5, 0.6) is 0 Å². The summed E-state index contributed by atoms with van der Waals surface area (Å²) in [6, 6.07) is 1.68. The van der Waals surface area contributed by atoms with Crippen LogP contribution in [0.15, 0.2) is 6.07 Å². The van der Waals surface area contributed by atoms with Gasteiger partial charge in [0.15, 0.2) is 5.69 Å². The number of carboxylic acids is 1. The Balaban J connectivity index is 2.22. The predicted molar refractivity (Wildman–Crippen MR) is 55.0 cm³/mol. The van der Waals surface area contributed by atoms with Gasteiger partial charge in [0, 0.05) is 25.2 Å². The lowest BCUT2D eigenvalue weighted by Crippen LogP contribution is -2.29. The van der Waals surface area contributed by atoms with E-state index in [1.165, 1.54) is 0 Å². The number of piperidine rings is 1. The summed E-state index contributed by atoms with van der Waals surface area (Å²) in [7, 11) is 1.80. The third-order valence-corrected chi connectivity index (χ3v) is 2.85. The number of rotatable bonds is 2. The van der Waals surface area contributed by atoms with Crippen LogP contribution in [0.3, 0.4) is 0 Å². The average molecular weight is 209 g/mol. The molecule has 0 aliphatic carbocycles. The highest BCUT2D eigenvalue weighted by Gasteiger charge is 2.20. The van der Waals surface area contributed by atoms with Crippen molar-refractivity contribution in [1.29, 1.82) is 0 Å². The molecule has 5 nitrogen and oxygen atoms in total. The molecule has 1 aliphatic rings. The summed E-state index contributed by atoms with van der Waals surface area (Å²) in [6.45, 7) is 1.97. The Morgan fingerprint density at radius 2 is 2.53 bits per heavy atom. The van der Waals surface area contributed by atoms with E-state index in [9.17, 15) is 4.79 Å². The van der Waals surface area contributed by atoms with Gasteiger partial charge in [-0.1, -0.05) is 0 Å². The summed E-state index contributed by atoms with van der Waals surface area (Å²) in [5.74, 6) is -0.565. The largest absolute Gasteiger partial charge is 0.476 e. The number of carbonyl (C=O) groups is 1. The third kappa shape index (κ3) is 2.02. The van der Waals surface area contributed by atoms with E-state index in [1.807, 2.05) is 0 Å². The van der Waals surface area contributed by atoms with Crippen LogP contribution < -0.4 is 5.32 Å². The molecule has 2 N–H and O–H groups in total. The Morgan fingerprint density at radius 1 is 1.73 bits per heavy atom. The zero-order valence-corrected chi connectivity index (χ0v) is 8.73. The van der Waals surface area contributed by atoms with Crippen LogP contribution in [0.4, 0.5) is 0 Å². The minimum Gasteiger partial charge on any atom is -0.476 e. The maximum absolute atomic E-state index is 10.8. The van der Waals surface area contributed by atoms with Gasteiger partial charge < -0.3 is 10.4 Å². The Bertz CT molecular complexity index is 367. The van der Waals surface area contributed by atoms with E-state index in [1.54, 1.807) is 17.8 Å². The van der Waals surface area contributed by atoms with Gasteiger partial charge in [-0.2, -0.15) is 5.10 Å². The van der Waals surface area contributed by atoms with E-state index >= 15 is 0 Å². The smallest absolute Gasteiger partial charge is 0.356 e. The topological polar surface area (TPSA) is 67.2 Å². The molecule has 1 aliphatic heterocycles. The lowest BCUT2D eigenvalue weighted by molar-refractivity contribution is 0.0689. The van der Waals surface area contributed by atoms with E-state index in [4.69, 9.17) is 5.11 Å². The maximum atomic E-state index is 10.8. The minimum absolute atomic E-state index is 0.137. The lowest BCUT2D eigenvalue weighted by atomic mass is 9.96. The fourth-order valence-electron chi connectivity index (χ4n) is 2.07. The van der Waals surface area contributed by atoms with Crippen molar-refractivity contribution in [2.24, 2.45) is 7.05 Å². The van der Waals surface area contributed by atoms with Gasteiger partial charge in [0.25, 0.3) is 0 Å². The van der Waals surface area contributed by atoms with Gasteiger partial charge >= 0.3 is 5.97 Å². The van der Waals surface area contributed by atoms with Gasteiger partial charge in [0.2, 0.25) is 0 Å². The van der Waals surface area contributed by atoms with E-state index in [0.717, 1.165) is 31.6 Å². The molecule has 0 bridgehead atoms. The van der Waals surface area contributed by atoms with Crippen LogP contribution in [-0.2, 0) is 7.05 Å². The van der Waals surface area contributed by atoms with Crippen molar-refractivity contribution in [2.45, 2.75) is 18.8 Å². The summed E-state index contributed by atoms with van der Waals surface area (Å²) in [6.07, 6.45) is 2.24. The summed E-state index contributed by atoms with van der Waals surface area (Å²) >= 11 is 0. The molecule has 0 aromatic carbocycles. The molecule has 2 heterocycles. The van der Waals surface area contributed by atoms with Crippen molar-refractivity contribution in [3.8, 4) is 0 Å². The number of aryl methyl sites for hydroxylation is 1. The molecule has 0 spiro atoms. The molecule has 0 saturated carbocycles. The summed E-state index contributed by atoms with van der Waals surface area (Å²) < 4.78 is 1.68. The average Bonchev–Trinajstić information content (AvgIpc) is 2.62. The highest BCUT2D eigenvalue weighted by molar-refractivity contribution is 5.85. The normalized spacial score (nSPS) is 21.5. The Labute approximate surface area is 88.1 Å². The number of aromatic carboxylic acids is 1. The van der Waals surface area contributed by atoms with Gasteiger partial charge in [0.1, 0.15) is 0 Å². The summed E-state index contributed by atoms with van der Waals surface area (Å²) in [5.41, 5.74) is 1.15. The molecule has 0 amide bonds. The number of aromatic nitrogens is 2. The second-order valence-electron chi connectivity index (χ2n) is 3.93. The molecule has 1 saturated heterocycles. The molecular formula is C10H15N3O2. The van der Waals surface area contributed by atoms with E-state index in [0.29, 0.717) is 5.92 Å². The Kier molecular flexibility index (Phi) is 2.73. The van der Waals surface area contributed by atoms with Crippen LogP contribution >= 0.6 is 0 Å². The second-order valence-corrected chi connectivity index (χ2v) is 3.93. The number of nitrogens with zero attached hydrogens (tertiary/aromatic N) is 2. The third-order valence-electron chi connectivity index (χ3n) is 2.85. The first kappa shape index (κ1) is 10.2. The minimum atomic E-state index is -0.958. The van der Waals surface area contributed by atoms with Crippen LogP contribution in [0.2, 0.25) is 0 Å². The summed E-state index contributed by atoms with van der Waals surface area (Å²) in [4.78, 5) is 10.8.